The number of benzene rings is 3. The number of aromatic nitrogens is 1. The van der Waals surface area contributed by atoms with Crippen molar-refractivity contribution in [1.82, 2.24) is 4.57 Å². The molecule has 2 heterocycles. The van der Waals surface area contributed by atoms with Gasteiger partial charge in [0.05, 0.1) is 28.5 Å². The van der Waals surface area contributed by atoms with Crippen molar-refractivity contribution >= 4 is 34.2 Å². The third-order valence-electron chi connectivity index (χ3n) is 6.47. The maximum atomic E-state index is 14.0. The maximum absolute atomic E-state index is 14.0. The molecule has 0 spiro atoms. The van der Waals surface area contributed by atoms with Gasteiger partial charge in [0.2, 0.25) is 0 Å². The van der Waals surface area contributed by atoms with Crippen LogP contribution in [0, 0.1) is 6.92 Å². The van der Waals surface area contributed by atoms with Gasteiger partial charge in [-0.3, -0.25) is 9.36 Å². The SMILES string of the molecule is C=CCOc1ccc2ccccc2c1/C=c1\sc2n(c1=O)[C@@H](c1ccc(C)cc1)C(C(=O)OCC)=C(C)N=2. The van der Waals surface area contributed by atoms with Crippen molar-refractivity contribution in [2.75, 3.05) is 13.2 Å². The van der Waals surface area contributed by atoms with E-state index in [0.717, 1.165) is 27.5 Å². The van der Waals surface area contributed by atoms with Gasteiger partial charge in [-0.25, -0.2) is 9.79 Å². The predicted octanol–water partition coefficient (Wildman–Crippen LogP) is 4.82. The molecule has 1 aliphatic heterocycles. The van der Waals surface area contributed by atoms with E-state index in [0.29, 0.717) is 33.0 Å². The molecule has 192 valence electrons. The lowest BCUT2D eigenvalue weighted by atomic mass is 9.95. The van der Waals surface area contributed by atoms with Crippen molar-refractivity contribution in [1.29, 1.82) is 0 Å². The van der Waals surface area contributed by atoms with Gasteiger partial charge in [0.15, 0.2) is 4.80 Å². The Balaban J connectivity index is 1.76. The summed E-state index contributed by atoms with van der Waals surface area (Å²) in [5.74, 6) is 0.190. The third-order valence-corrected chi connectivity index (χ3v) is 7.46. The van der Waals surface area contributed by atoms with E-state index in [2.05, 4.69) is 11.6 Å². The van der Waals surface area contributed by atoms with Crippen LogP contribution < -0.4 is 19.6 Å². The zero-order valence-electron chi connectivity index (χ0n) is 21.6. The molecule has 0 N–H and O–H groups in total. The van der Waals surface area contributed by atoms with Gasteiger partial charge >= 0.3 is 5.97 Å². The number of rotatable bonds is 7. The van der Waals surface area contributed by atoms with Crippen LogP contribution in [-0.4, -0.2) is 23.8 Å². The molecule has 1 aromatic heterocycles. The number of aryl methyl sites for hydroxylation is 1. The van der Waals surface area contributed by atoms with Crippen LogP contribution in [0.5, 0.6) is 5.75 Å². The van der Waals surface area contributed by atoms with Crippen LogP contribution in [0.15, 0.2) is 94.4 Å². The van der Waals surface area contributed by atoms with Gasteiger partial charge in [0.25, 0.3) is 5.56 Å². The number of ether oxygens (including phenoxy) is 2. The van der Waals surface area contributed by atoms with Crippen LogP contribution in [0.3, 0.4) is 0 Å². The molecular formula is C31H28N2O4S. The number of hydrogen-bond acceptors (Lipinski definition) is 6. The molecule has 5 rings (SSSR count). The first kappa shape index (κ1) is 25.4. The fourth-order valence-corrected chi connectivity index (χ4v) is 5.71. The number of carbonyl (C=O) groups is 1. The van der Waals surface area contributed by atoms with E-state index in [-0.39, 0.29) is 12.2 Å². The van der Waals surface area contributed by atoms with E-state index in [1.165, 1.54) is 11.3 Å². The molecule has 3 aromatic carbocycles. The van der Waals surface area contributed by atoms with Crippen molar-refractivity contribution < 1.29 is 14.3 Å². The lowest BCUT2D eigenvalue weighted by molar-refractivity contribution is -0.139. The second-order valence-corrected chi connectivity index (χ2v) is 10.0. The average molecular weight is 525 g/mol. The topological polar surface area (TPSA) is 69.9 Å². The summed E-state index contributed by atoms with van der Waals surface area (Å²) in [6.45, 7) is 9.88. The Bertz CT molecular complexity index is 1760. The molecule has 0 aliphatic carbocycles. The van der Waals surface area contributed by atoms with Crippen LogP contribution >= 0.6 is 11.3 Å². The minimum atomic E-state index is -0.642. The van der Waals surface area contributed by atoms with E-state index in [1.54, 1.807) is 24.5 Å². The zero-order chi connectivity index (χ0) is 26.8. The summed E-state index contributed by atoms with van der Waals surface area (Å²) >= 11 is 1.30. The molecule has 0 unspecified atom stereocenters. The van der Waals surface area contributed by atoms with E-state index in [1.807, 2.05) is 73.7 Å². The molecule has 1 atom stereocenters. The first-order valence-electron chi connectivity index (χ1n) is 12.4. The zero-order valence-corrected chi connectivity index (χ0v) is 22.4. The Morgan fingerprint density at radius 3 is 2.61 bits per heavy atom. The average Bonchev–Trinajstić information content (AvgIpc) is 3.22. The summed E-state index contributed by atoms with van der Waals surface area (Å²) in [5.41, 5.74) is 3.40. The standard InChI is InChI=1S/C31H28N2O4S/c1-5-17-37-25-16-15-21-9-7-8-10-23(21)24(25)18-26-29(34)33-28(22-13-11-19(3)12-14-22)27(30(35)36-6-2)20(4)32-31(33)38-26/h5,7-16,18,28H,1,6,17H2,2-4H3/b26-18-/t28-/m0/s1. The van der Waals surface area contributed by atoms with Crippen LogP contribution in [0.4, 0.5) is 0 Å². The largest absolute Gasteiger partial charge is 0.489 e. The van der Waals surface area contributed by atoms with Crippen LogP contribution in [0.25, 0.3) is 16.8 Å². The molecule has 7 heteroatoms. The van der Waals surface area contributed by atoms with E-state index in [4.69, 9.17) is 9.47 Å². The number of hydrogen-bond donors (Lipinski definition) is 0. The highest BCUT2D eigenvalue weighted by atomic mass is 32.1. The minimum Gasteiger partial charge on any atom is -0.489 e. The number of nitrogens with zero attached hydrogens (tertiary/aromatic N) is 2. The number of esters is 1. The molecule has 6 nitrogen and oxygen atoms in total. The highest BCUT2D eigenvalue weighted by Crippen LogP contribution is 2.32. The van der Waals surface area contributed by atoms with E-state index >= 15 is 0 Å². The number of thiazole rings is 1. The van der Waals surface area contributed by atoms with Crippen molar-refractivity contribution in [2.45, 2.75) is 26.8 Å². The number of carbonyl (C=O) groups excluding carboxylic acids is 1. The Hall–Kier alpha value is -4.23. The van der Waals surface area contributed by atoms with Gasteiger partial charge in [-0.05, 0) is 49.2 Å². The molecule has 0 radical (unpaired) electrons. The predicted molar refractivity (Wildman–Crippen MR) is 151 cm³/mol. The summed E-state index contributed by atoms with van der Waals surface area (Å²) in [6, 6.07) is 19.1. The normalized spacial score (nSPS) is 15.2. The maximum Gasteiger partial charge on any atom is 0.338 e. The van der Waals surface area contributed by atoms with Crippen molar-refractivity contribution in [3.63, 3.8) is 0 Å². The van der Waals surface area contributed by atoms with Crippen LogP contribution in [-0.2, 0) is 9.53 Å². The Labute approximate surface area is 224 Å². The van der Waals surface area contributed by atoms with Gasteiger partial charge in [0.1, 0.15) is 12.4 Å². The smallest absolute Gasteiger partial charge is 0.338 e. The number of allylic oxidation sites excluding steroid dienone is 1. The van der Waals surface area contributed by atoms with E-state index in [9.17, 15) is 9.59 Å². The van der Waals surface area contributed by atoms with Crippen molar-refractivity contribution in [2.24, 2.45) is 4.99 Å². The van der Waals surface area contributed by atoms with Crippen molar-refractivity contribution in [3.8, 4) is 5.75 Å². The Morgan fingerprint density at radius 1 is 1.11 bits per heavy atom. The number of fused-ring (bicyclic) bond motifs is 2. The first-order valence-corrected chi connectivity index (χ1v) is 13.3. The lowest BCUT2D eigenvalue weighted by Gasteiger charge is -2.24. The van der Waals surface area contributed by atoms with E-state index < -0.39 is 12.0 Å². The fraction of sp³-hybridized carbons (Fsp3) is 0.194. The molecule has 0 saturated heterocycles. The highest BCUT2D eigenvalue weighted by Gasteiger charge is 2.33. The van der Waals surface area contributed by atoms with Gasteiger partial charge in [-0.1, -0.05) is 84.2 Å². The fourth-order valence-electron chi connectivity index (χ4n) is 4.69. The summed E-state index contributed by atoms with van der Waals surface area (Å²) in [4.78, 5) is 32.3. The third kappa shape index (κ3) is 4.61. The lowest BCUT2D eigenvalue weighted by Crippen LogP contribution is -2.39. The second-order valence-electron chi connectivity index (χ2n) is 9.01. The summed E-state index contributed by atoms with van der Waals surface area (Å²) in [5, 5.41) is 2.01. The van der Waals surface area contributed by atoms with Crippen LogP contribution in [0.1, 0.15) is 36.6 Å². The molecule has 0 bridgehead atoms. The molecular weight excluding hydrogens is 496 g/mol. The van der Waals surface area contributed by atoms with Crippen molar-refractivity contribution in [3.05, 3.63) is 121 Å². The summed E-state index contributed by atoms with van der Waals surface area (Å²) < 4.78 is 13.4. The van der Waals surface area contributed by atoms with Gasteiger partial charge in [-0.2, -0.15) is 0 Å². The van der Waals surface area contributed by atoms with Gasteiger partial charge < -0.3 is 9.47 Å². The summed E-state index contributed by atoms with van der Waals surface area (Å²) in [6.07, 6.45) is 3.55. The molecule has 38 heavy (non-hydrogen) atoms. The quantitative estimate of drug-likeness (QED) is 0.257. The highest BCUT2D eigenvalue weighted by molar-refractivity contribution is 7.07. The Kier molecular flexibility index (Phi) is 7.11. The second kappa shape index (κ2) is 10.6. The first-order chi connectivity index (χ1) is 18.4. The monoisotopic (exact) mass is 524 g/mol. The molecule has 0 amide bonds. The molecule has 1 aliphatic rings. The summed E-state index contributed by atoms with van der Waals surface area (Å²) in [7, 11) is 0. The van der Waals surface area contributed by atoms with Crippen LogP contribution in [0.2, 0.25) is 0 Å². The molecule has 0 saturated carbocycles. The molecule has 0 fully saturated rings. The van der Waals surface area contributed by atoms with Gasteiger partial charge in [0, 0.05) is 5.56 Å². The minimum absolute atomic E-state index is 0.226. The Morgan fingerprint density at radius 2 is 1.87 bits per heavy atom. The molecule has 4 aromatic rings. The van der Waals surface area contributed by atoms with Gasteiger partial charge in [-0.15, -0.1) is 0 Å².